The summed E-state index contributed by atoms with van der Waals surface area (Å²) in [5, 5.41) is 2.87. The molecule has 0 saturated heterocycles. The maximum atomic E-state index is 12.6. The molecule has 7 nitrogen and oxygen atoms in total. The second-order valence-corrected chi connectivity index (χ2v) is 8.48. The van der Waals surface area contributed by atoms with Gasteiger partial charge in [-0.3, -0.25) is 19.3 Å². The van der Waals surface area contributed by atoms with E-state index in [2.05, 4.69) is 5.32 Å². The number of hydrogen-bond donors (Lipinski definition) is 1. The number of benzene rings is 2. The van der Waals surface area contributed by atoms with Crippen LogP contribution in [0.5, 0.6) is 0 Å². The molecular formula is C25H28N2O5. The van der Waals surface area contributed by atoms with Crippen LogP contribution in [-0.2, 0) is 14.3 Å². The minimum absolute atomic E-state index is 0.195. The number of amides is 3. The highest BCUT2D eigenvalue weighted by Gasteiger charge is 2.41. The Morgan fingerprint density at radius 2 is 1.34 bits per heavy atom. The first-order valence-electron chi connectivity index (χ1n) is 10.7. The quantitative estimate of drug-likeness (QED) is 0.521. The average Bonchev–Trinajstić information content (AvgIpc) is 3.01. The highest BCUT2D eigenvalue weighted by Crippen LogP contribution is 2.32. The number of nitrogens with one attached hydrogen (secondary N) is 1. The van der Waals surface area contributed by atoms with Gasteiger partial charge < -0.3 is 10.1 Å². The second-order valence-electron chi connectivity index (χ2n) is 8.48. The molecule has 0 saturated carbocycles. The summed E-state index contributed by atoms with van der Waals surface area (Å²) in [6.45, 7) is 9.05. The van der Waals surface area contributed by atoms with Crippen molar-refractivity contribution in [3.63, 3.8) is 0 Å². The minimum atomic E-state index is -1.15. The third-order valence-electron chi connectivity index (χ3n) is 5.54. The lowest BCUT2D eigenvalue weighted by Crippen LogP contribution is -2.44. The van der Waals surface area contributed by atoms with Gasteiger partial charge in [-0.15, -0.1) is 0 Å². The number of rotatable bonds is 7. The molecule has 168 valence electrons. The van der Waals surface area contributed by atoms with E-state index < -0.39 is 36.3 Å². The van der Waals surface area contributed by atoms with Crippen LogP contribution in [0.15, 0.2) is 42.5 Å². The zero-order valence-electron chi connectivity index (χ0n) is 19.0. The lowest BCUT2D eigenvalue weighted by molar-refractivity contribution is -0.150. The van der Waals surface area contributed by atoms with Gasteiger partial charge >= 0.3 is 5.97 Å². The molecule has 1 heterocycles. The smallest absolute Gasteiger partial charge is 0.329 e. The van der Waals surface area contributed by atoms with Crippen molar-refractivity contribution in [1.82, 2.24) is 4.90 Å². The first-order chi connectivity index (χ1) is 15.1. The van der Waals surface area contributed by atoms with Crippen molar-refractivity contribution < 1.29 is 23.9 Å². The SMILES string of the molecule is CC(C)c1cccc(C(C)C)c1NC(=O)COC(=O)C(C)N1C(=O)c2ccccc2C1=O. The summed E-state index contributed by atoms with van der Waals surface area (Å²) in [7, 11) is 0. The van der Waals surface area contributed by atoms with Crippen molar-refractivity contribution in [2.24, 2.45) is 0 Å². The van der Waals surface area contributed by atoms with Crippen molar-refractivity contribution in [2.45, 2.75) is 52.5 Å². The molecule has 0 radical (unpaired) electrons. The molecule has 1 aliphatic heterocycles. The average molecular weight is 437 g/mol. The molecule has 1 N–H and O–H groups in total. The van der Waals surface area contributed by atoms with Crippen LogP contribution < -0.4 is 5.32 Å². The molecule has 0 aromatic heterocycles. The van der Waals surface area contributed by atoms with Gasteiger partial charge in [0, 0.05) is 5.69 Å². The highest BCUT2D eigenvalue weighted by atomic mass is 16.5. The number of esters is 1. The van der Waals surface area contributed by atoms with Crippen LogP contribution in [0.3, 0.4) is 0 Å². The molecule has 32 heavy (non-hydrogen) atoms. The maximum absolute atomic E-state index is 12.6. The zero-order valence-corrected chi connectivity index (χ0v) is 19.0. The fourth-order valence-corrected chi connectivity index (χ4v) is 3.79. The third-order valence-corrected chi connectivity index (χ3v) is 5.54. The van der Waals surface area contributed by atoms with Gasteiger partial charge in [-0.2, -0.15) is 0 Å². The molecule has 0 spiro atoms. The lowest BCUT2D eigenvalue weighted by Gasteiger charge is -2.22. The summed E-state index contributed by atoms with van der Waals surface area (Å²) in [5.41, 5.74) is 3.22. The Morgan fingerprint density at radius 1 is 0.844 bits per heavy atom. The predicted octanol–water partition coefficient (Wildman–Crippen LogP) is 4.10. The second kappa shape index (κ2) is 9.34. The number of carbonyl (C=O) groups excluding carboxylic acids is 4. The van der Waals surface area contributed by atoms with Crippen molar-refractivity contribution in [3.05, 3.63) is 64.7 Å². The monoisotopic (exact) mass is 436 g/mol. The maximum Gasteiger partial charge on any atom is 0.329 e. The molecule has 1 atom stereocenters. The van der Waals surface area contributed by atoms with E-state index in [0.29, 0.717) is 0 Å². The summed E-state index contributed by atoms with van der Waals surface area (Å²) in [4.78, 5) is 51.1. The zero-order chi connectivity index (χ0) is 23.6. The molecule has 1 aliphatic rings. The minimum Gasteiger partial charge on any atom is -0.454 e. The number of ether oxygens (including phenoxy) is 1. The molecule has 3 rings (SSSR count). The van der Waals surface area contributed by atoms with E-state index in [-0.39, 0.29) is 23.0 Å². The Hall–Kier alpha value is -3.48. The number of para-hydroxylation sites is 1. The molecule has 0 bridgehead atoms. The van der Waals surface area contributed by atoms with Gasteiger partial charge in [0.25, 0.3) is 17.7 Å². The third kappa shape index (κ3) is 4.42. The van der Waals surface area contributed by atoms with Crippen LogP contribution in [0.2, 0.25) is 0 Å². The fourth-order valence-electron chi connectivity index (χ4n) is 3.79. The van der Waals surface area contributed by atoms with E-state index in [1.165, 1.54) is 6.92 Å². The largest absolute Gasteiger partial charge is 0.454 e. The molecule has 1 unspecified atom stereocenters. The van der Waals surface area contributed by atoms with Crippen molar-refractivity contribution >= 4 is 29.4 Å². The van der Waals surface area contributed by atoms with Crippen LogP contribution in [0.25, 0.3) is 0 Å². The Balaban J connectivity index is 1.67. The van der Waals surface area contributed by atoms with Crippen LogP contribution in [0.1, 0.15) is 78.3 Å². The van der Waals surface area contributed by atoms with Crippen molar-refractivity contribution in [1.29, 1.82) is 0 Å². The Labute approximate surface area is 187 Å². The van der Waals surface area contributed by atoms with Crippen LogP contribution in [0.4, 0.5) is 5.69 Å². The van der Waals surface area contributed by atoms with E-state index in [1.807, 2.05) is 45.9 Å². The standard InChI is InChI=1S/C25H28N2O5/c1-14(2)17-11-8-12-18(15(3)4)22(17)26-21(28)13-32-25(31)16(5)27-23(29)19-9-6-7-10-20(19)24(27)30/h6-12,14-16H,13H2,1-5H3,(H,26,28). The number of imide groups is 1. The van der Waals surface area contributed by atoms with Gasteiger partial charge in [0.15, 0.2) is 6.61 Å². The van der Waals surface area contributed by atoms with Gasteiger partial charge in [0.2, 0.25) is 0 Å². The summed E-state index contributed by atoms with van der Waals surface area (Å²) < 4.78 is 5.15. The van der Waals surface area contributed by atoms with E-state index in [0.717, 1.165) is 21.7 Å². The normalized spacial score (nSPS) is 14.0. The Kier molecular flexibility index (Phi) is 6.77. The highest BCUT2D eigenvalue weighted by molar-refractivity contribution is 6.22. The Bertz CT molecular complexity index is 1010. The number of hydrogen-bond acceptors (Lipinski definition) is 5. The van der Waals surface area contributed by atoms with Gasteiger partial charge in [-0.25, -0.2) is 4.79 Å². The van der Waals surface area contributed by atoms with E-state index in [1.54, 1.807) is 24.3 Å². The number of fused-ring (bicyclic) bond motifs is 1. The first-order valence-corrected chi connectivity index (χ1v) is 10.7. The van der Waals surface area contributed by atoms with Gasteiger partial charge in [-0.1, -0.05) is 58.0 Å². The summed E-state index contributed by atoms with van der Waals surface area (Å²) in [5.74, 6) is -2.02. The fraction of sp³-hybridized carbons (Fsp3) is 0.360. The predicted molar refractivity (Wildman–Crippen MR) is 121 cm³/mol. The molecule has 3 amide bonds. The topological polar surface area (TPSA) is 92.8 Å². The molecule has 2 aromatic carbocycles. The van der Waals surface area contributed by atoms with Crippen molar-refractivity contribution in [3.8, 4) is 0 Å². The summed E-state index contributed by atoms with van der Waals surface area (Å²) in [6, 6.07) is 11.1. The number of nitrogens with zero attached hydrogens (tertiary/aromatic N) is 1. The summed E-state index contributed by atoms with van der Waals surface area (Å²) >= 11 is 0. The van der Waals surface area contributed by atoms with Gasteiger partial charge in [-0.05, 0) is 42.0 Å². The van der Waals surface area contributed by atoms with Crippen molar-refractivity contribution in [2.75, 3.05) is 11.9 Å². The summed E-state index contributed by atoms with van der Waals surface area (Å²) in [6.07, 6.45) is 0. The first kappa shape index (κ1) is 23.2. The molecule has 0 fully saturated rings. The number of carbonyl (C=O) groups is 4. The van der Waals surface area contributed by atoms with Crippen LogP contribution >= 0.6 is 0 Å². The molecule has 2 aromatic rings. The molecule has 0 aliphatic carbocycles. The van der Waals surface area contributed by atoms with Gasteiger partial charge in [0.1, 0.15) is 6.04 Å². The van der Waals surface area contributed by atoms with E-state index in [9.17, 15) is 19.2 Å². The Morgan fingerprint density at radius 3 is 1.81 bits per heavy atom. The van der Waals surface area contributed by atoms with Crippen LogP contribution in [-0.4, -0.2) is 41.2 Å². The lowest BCUT2D eigenvalue weighted by atomic mass is 9.92. The molecule has 7 heteroatoms. The van der Waals surface area contributed by atoms with Gasteiger partial charge in [0.05, 0.1) is 11.1 Å². The van der Waals surface area contributed by atoms with Crippen LogP contribution in [0, 0.1) is 0 Å². The molecular weight excluding hydrogens is 408 g/mol. The number of anilines is 1. The van der Waals surface area contributed by atoms with E-state index >= 15 is 0 Å². The van der Waals surface area contributed by atoms with E-state index in [4.69, 9.17) is 4.74 Å².